The lowest BCUT2D eigenvalue weighted by molar-refractivity contribution is 0.0887. The maximum absolute atomic E-state index is 9.87. The molecule has 0 aliphatic rings. The third-order valence-corrected chi connectivity index (χ3v) is 1.46. The molecule has 0 aromatic carbocycles. The molecule has 0 bridgehead atoms. The Labute approximate surface area is 83.3 Å². The number of aliphatic hydroxyl groups is 1. The molecule has 0 amide bonds. The van der Waals surface area contributed by atoms with Crippen LogP contribution in [-0.2, 0) is 5.60 Å². The molecular formula is C10H14N2O2. The summed E-state index contributed by atoms with van der Waals surface area (Å²) in [6.07, 6.45) is 1.17. The molecule has 1 rings (SSSR count). The minimum Gasteiger partial charge on any atom is -0.424 e. The quantitative estimate of drug-likeness (QED) is 0.685. The van der Waals surface area contributed by atoms with Gasteiger partial charge in [-0.3, -0.25) is 0 Å². The summed E-state index contributed by atoms with van der Waals surface area (Å²) >= 11 is 0. The smallest absolute Gasteiger partial charge is 0.260 e. The predicted molar refractivity (Wildman–Crippen MR) is 51.1 cm³/mol. The lowest BCUT2D eigenvalue weighted by Gasteiger charge is -2.13. The molecule has 0 spiro atoms. The first-order valence-electron chi connectivity index (χ1n) is 4.35. The van der Waals surface area contributed by atoms with E-state index in [1.807, 2.05) is 20.8 Å². The van der Waals surface area contributed by atoms with Crippen molar-refractivity contribution in [2.75, 3.05) is 0 Å². The molecule has 0 fully saturated rings. The Kier molecular flexibility index (Phi) is 2.63. The maximum atomic E-state index is 9.87. The summed E-state index contributed by atoms with van der Waals surface area (Å²) in [5.41, 5.74) is -1.53. The van der Waals surface area contributed by atoms with Gasteiger partial charge in [0.25, 0.3) is 5.89 Å². The highest BCUT2D eigenvalue weighted by atomic mass is 16.4. The van der Waals surface area contributed by atoms with Gasteiger partial charge in [-0.1, -0.05) is 11.8 Å². The van der Waals surface area contributed by atoms with Gasteiger partial charge in [0.2, 0.25) is 12.0 Å². The van der Waals surface area contributed by atoms with E-state index in [4.69, 9.17) is 4.42 Å². The molecule has 1 unspecified atom stereocenters. The average Bonchev–Trinajstić information content (AvgIpc) is 2.52. The van der Waals surface area contributed by atoms with Crippen LogP contribution in [0, 0.1) is 17.3 Å². The van der Waals surface area contributed by atoms with Crippen LogP contribution in [0.15, 0.2) is 10.8 Å². The molecule has 76 valence electrons. The summed E-state index contributed by atoms with van der Waals surface area (Å²) in [6.45, 7) is 7.41. The van der Waals surface area contributed by atoms with Crippen molar-refractivity contribution in [3.05, 3.63) is 12.3 Å². The molecular weight excluding hydrogens is 180 g/mol. The van der Waals surface area contributed by atoms with E-state index in [0.29, 0.717) is 0 Å². The molecule has 0 saturated heterocycles. The van der Waals surface area contributed by atoms with Gasteiger partial charge in [0.05, 0.1) is 0 Å². The largest absolute Gasteiger partial charge is 0.424 e. The molecule has 0 radical (unpaired) electrons. The molecule has 1 heterocycles. The molecule has 0 saturated carbocycles. The SMILES string of the molecule is CC(C)(C)C#CC(C)(O)c1nnco1. The Hall–Kier alpha value is -1.34. The zero-order valence-electron chi connectivity index (χ0n) is 8.83. The number of hydrogen-bond donors (Lipinski definition) is 1. The predicted octanol–water partition coefficient (Wildman–Crippen LogP) is 1.33. The summed E-state index contributed by atoms with van der Waals surface area (Å²) in [4.78, 5) is 0. The fourth-order valence-corrected chi connectivity index (χ4v) is 0.748. The lowest BCUT2D eigenvalue weighted by atomic mass is 9.96. The van der Waals surface area contributed by atoms with Crippen LogP contribution in [0.5, 0.6) is 0 Å². The Morgan fingerprint density at radius 2 is 1.93 bits per heavy atom. The minimum absolute atomic E-state index is 0.120. The van der Waals surface area contributed by atoms with Gasteiger partial charge in [-0.2, -0.15) is 0 Å². The zero-order chi connectivity index (χ0) is 10.8. The van der Waals surface area contributed by atoms with Gasteiger partial charge in [0, 0.05) is 5.41 Å². The highest BCUT2D eigenvalue weighted by Gasteiger charge is 2.26. The lowest BCUT2D eigenvalue weighted by Crippen LogP contribution is -2.20. The summed E-state index contributed by atoms with van der Waals surface area (Å²) in [5.74, 6) is 5.75. The van der Waals surface area contributed by atoms with E-state index in [-0.39, 0.29) is 11.3 Å². The fraction of sp³-hybridized carbons (Fsp3) is 0.600. The first-order chi connectivity index (χ1) is 6.31. The van der Waals surface area contributed by atoms with Crippen LogP contribution in [0.1, 0.15) is 33.6 Å². The summed E-state index contributed by atoms with van der Waals surface area (Å²) in [5, 5.41) is 17.0. The second kappa shape index (κ2) is 3.43. The van der Waals surface area contributed by atoms with Crippen LogP contribution in [0.3, 0.4) is 0 Å². The molecule has 14 heavy (non-hydrogen) atoms. The van der Waals surface area contributed by atoms with Crippen molar-refractivity contribution in [1.82, 2.24) is 10.2 Å². The van der Waals surface area contributed by atoms with Crippen molar-refractivity contribution >= 4 is 0 Å². The standard InChI is InChI=1S/C10H14N2O2/c1-9(2,3)5-6-10(4,13)8-12-11-7-14-8/h7,13H,1-4H3. The van der Waals surface area contributed by atoms with Crippen LogP contribution in [-0.4, -0.2) is 15.3 Å². The van der Waals surface area contributed by atoms with Crippen molar-refractivity contribution in [1.29, 1.82) is 0 Å². The fourth-order valence-electron chi connectivity index (χ4n) is 0.748. The van der Waals surface area contributed by atoms with Gasteiger partial charge < -0.3 is 9.52 Å². The molecule has 1 aromatic rings. The van der Waals surface area contributed by atoms with E-state index in [1.54, 1.807) is 0 Å². The first-order valence-corrected chi connectivity index (χ1v) is 4.35. The van der Waals surface area contributed by atoms with E-state index in [1.165, 1.54) is 13.3 Å². The van der Waals surface area contributed by atoms with Crippen LogP contribution in [0.25, 0.3) is 0 Å². The van der Waals surface area contributed by atoms with E-state index >= 15 is 0 Å². The highest BCUT2D eigenvalue weighted by Crippen LogP contribution is 2.18. The van der Waals surface area contributed by atoms with Gasteiger partial charge in [0.15, 0.2) is 0 Å². The summed E-state index contributed by atoms with van der Waals surface area (Å²) in [6, 6.07) is 0. The Morgan fingerprint density at radius 3 is 2.36 bits per heavy atom. The van der Waals surface area contributed by atoms with Crippen molar-refractivity contribution in [2.45, 2.75) is 33.3 Å². The third-order valence-electron chi connectivity index (χ3n) is 1.46. The zero-order valence-corrected chi connectivity index (χ0v) is 8.83. The van der Waals surface area contributed by atoms with Crippen LogP contribution < -0.4 is 0 Å². The third kappa shape index (κ3) is 2.86. The highest BCUT2D eigenvalue weighted by molar-refractivity contribution is 5.20. The monoisotopic (exact) mass is 194 g/mol. The molecule has 1 atom stereocenters. The first kappa shape index (κ1) is 10.7. The topological polar surface area (TPSA) is 59.2 Å². The molecule has 0 aliphatic heterocycles. The number of nitrogens with zero attached hydrogens (tertiary/aromatic N) is 2. The van der Waals surface area contributed by atoms with Crippen LogP contribution in [0.4, 0.5) is 0 Å². The van der Waals surface area contributed by atoms with Crippen molar-refractivity contribution in [3.8, 4) is 11.8 Å². The number of rotatable bonds is 1. The van der Waals surface area contributed by atoms with E-state index in [0.717, 1.165) is 0 Å². The van der Waals surface area contributed by atoms with E-state index in [9.17, 15) is 5.11 Å². The normalized spacial score (nSPS) is 15.5. The van der Waals surface area contributed by atoms with Gasteiger partial charge in [0.1, 0.15) is 0 Å². The molecule has 4 heteroatoms. The summed E-state index contributed by atoms with van der Waals surface area (Å²) in [7, 11) is 0. The van der Waals surface area contributed by atoms with Crippen LogP contribution >= 0.6 is 0 Å². The van der Waals surface area contributed by atoms with Gasteiger partial charge >= 0.3 is 0 Å². The van der Waals surface area contributed by atoms with Crippen molar-refractivity contribution < 1.29 is 9.52 Å². The van der Waals surface area contributed by atoms with Gasteiger partial charge in [-0.25, -0.2) is 0 Å². The summed E-state index contributed by atoms with van der Waals surface area (Å²) < 4.78 is 4.89. The second-order valence-electron chi connectivity index (χ2n) is 4.32. The molecule has 4 nitrogen and oxygen atoms in total. The Balaban J connectivity index is 2.91. The molecule has 1 aromatic heterocycles. The molecule has 0 aliphatic carbocycles. The second-order valence-corrected chi connectivity index (χ2v) is 4.32. The average molecular weight is 194 g/mol. The van der Waals surface area contributed by atoms with E-state index in [2.05, 4.69) is 22.0 Å². The van der Waals surface area contributed by atoms with Gasteiger partial charge in [-0.05, 0) is 27.7 Å². The van der Waals surface area contributed by atoms with Crippen molar-refractivity contribution in [2.24, 2.45) is 5.41 Å². The van der Waals surface area contributed by atoms with Crippen LogP contribution in [0.2, 0.25) is 0 Å². The van der Waals surface area contributed by atoms with Crippen molar-refractivity contribution in [3.63, 3.8) is 0 Å². The Bertz CT molecular complexity index is 350. The molecule has 1 N–H and O–H groups in total. The number of hydrogen-bond acceptors (Lipinski definition) is 4. The minimum atomic E-state index is -1.37. The van der Waals surface area contributed by atoms with E-state index < -0.39 is 5.60 Å². The van der Waals surface area contributed by atoms with Gasteiger partial charge in [-0.15, -0.1) is 10.2 Å². The maximum Gasteiger partial charge on any atom is 0.260 e. The Morgan fingerprint density at radius 1 is 1.29 bits per heavy atom. The number of aromatic nitrogens is 2.